The molecule has 0 radical (unpaired) electrons. The number of rotatable bonds is 7. The van der Waals surface area contributed by atoms with Gasteiger partial charge in [-0.25, -0.2) is 13.1 Å². The molecule has 114 valence electrons. The smallest absolute Gasteiger partial charge is 0.211 e. The van der Waals surface area contributed by atoms with E-state index in [2.05, 4.69) is 11.6 Å². The molecule has 1 aromatic rings. The summed E-state index contributed by atoms with van der Waals surface area (Å²) in [5.74, 6) is 0. The van der Waals surface area contributed by atoms with Gasteiger partial charge in [-0.3, -0.25) is 0 Å². The Hall–Kier alpha value is -0.870. The topological polar surface area (TPSA) is 46.2 Å². The highest BCUT2D eigenvalue weighted by molar-refractivity contribution is 7.89. The van der Waals surface area contributed by atoms with Crippen LogP contribution in [0.25, 0.3) is 0 Å². The predicted octanol–water partition coefficient (Wildman–Crippen LogP) is 3.78. The van der Waals surface area contributed by atoms with Gasteiger partial charge in [-0.15, -0.1) is 0 Å². The molecule has 0 aromatic heterocycles. The van der Waals surface area contributed by atoms with E-state index >= 15 is 0 Å². The summed E-state index contributed by atoms with van der Waals surface area (Å²) in [7, 11) is -3.40. The van der Waals surface area contributed by atoms with E-state index in [0.717, 1.165) is 47.9 Å². The van der Waals surface area contributed by atoms with Gasteiger partial charge < -0.3 is 0 Å². The Morgan fingerprint density at radius 2 is 1.50 bits per heavy atom. The van der Waals surface area contributed by atoms with Crippen molar-refractivity contribution in [1.29, 1.82) is 0 Å². The van der Waals surface area contributed by atoms with Gasteiger partial charge in [-0.1, -0.05) is 32.3 Å². The molecule has 0 heterocycles. The lowest BCUT2D eigenvalue weighted by Gasteiger charge is -2.16. The monoisotopic (exact) mass is 297 g/mol. The molecule has 0 fully saturated rings. The van der Waals surface area contributed by atoms with Crippen LogP contribution in [0.1, 0.15) is 54.9 Å². The zero-order valence-electron chi connectivity index (χ0n) is 13.3. The van der Waals surface area contributed by atoms with E-state index in [1.165, 1.54) is 0 Å². The predicted molar refractivity (Wildman–Crippen MR) is 84.7 cm³/mol. The lowest BCUT2D eigenvalue weighted by atomic mass is 10.0. The summed E-state index contributed by atoms with van der Waals surface area (Å²) in [5, 5.41) is 0. The van der Waals surface area contributed by atoms with E-state index in [4.69, 9.17) is 0 Å². The van der Waals surface area contributed by atoms with Gasteiger partial charge in [0.05, 0.1) is 4.90 Å². The van der Waals surface area contributed by atoms with Crippen LogP contribution in [0, 0.1) is 27.7 Å². The summed E-state index contributed by atoms with van der Waals surface area (Å²) >= 11 is 0. The highest BCUT2D eigenvalue weighted by Gasteiger charge is 2.21. The molecule has 1 aromatic carbocycles. The maximum absolute atomic E-state index is 12.5. The van der Waals surface area contributed by atoms with Gasteiger partial charge in [0, 0.05) is 6.54 Å². The SMILES string of the molecule is CCCCCCNS(=O)(=O)c1c(C)c(C)cc(C)c1C. The van der Waals surface area contributed by atoms with Crippen LogP contribution in [-0.4, -0.2) is 15.0 Å². The highest BCUT2D eigenvalue weighted by atomic mass is 32.2. The lowest BCUT2D eigenvalue weighted by Crippen LogP contribution is -2.26. The van der Waals surface area contributed by atoms with Crippen LogP contribution in [0.15, 0.2) is 11.0 Å². The van der Waals surface area contributed by atoms with Crippen molar-refractivity contribution in [2.45, 2.75) is 65.2 Å². The Balaban J connectivity index is 2.93. The summed E-state index contributed by atoms with van der Waals surface area (Å²) in [6.45, 7) is 10.4. The van der Waals surface area contributed by atoms with Crippen molar-refractivity contribution in [2.75, 3.05) is 6.54 Å². The van der Waals surface area contributed by atoms with E-state index in [0.29, 0.717) is 11.4 Å². The number of benzene rings is 1. The largest absolute Gasteiger partial charge is 0.241 e. The molecular weight excluding hydrogens is 270 g/mol. The van der Waals surface area contributed by atoms with Gasteiger partial charge in [0.2, 0.25) is 10.0 Å². The molecule has 3 nitrogen and oxygen atoms in total. The maximum atomic E-state index is 12.5. The fourth-order valence-corrected chi connectivity index (χ4v) is 4.10. The van der Waals surface area contributed by atoms with Gasteiger partial charge in [0.1, 0.15) is 0 Å². The third-order valence-corrected chi connectivity index (χ3v) is 5.62. The highest BCUT2D eigenvalue weighted by Crippen LogP contribution is 2.25. The van der Waals surface area contributed by atoms with Crippen LogP contribution in [0.4, 0.5) is 0 Å². The summed E-state index contributed by atoms with van der Waals surface area (Å²) in [6, 6.07) is 2.05. The number of nitrogens with one attached hydrogen (secondary N) is 1. The summed E-state index contributed by atoms with van der Waals surface area (Å²) in [4.78, 5) is 0.463. The molecule has 0 atom stereocenters. The fourth-order valence-electron chi connectivity index (χ4n) is 2.41. The molecule has 0 bridgehead atoms. The molecule has 0 saturated carbocycles. The zero-order valence-corrected chi connectivity index (χ0v) is 14.2. The Labute approximate surface area is 123 Å². The summed E-state index contributed by atoms with van der Waals surface area (Å²) < 4.78 is 27.7. The van der Waals surface area contributed by atoms with Gasteiger partial charge >= 0.3 is 0 Å². The Bertz CT molecular complexity index is 536. The molecule has 20 heavy (non-hydrogen) atoms. The molecule has 0 unspecified atom stereocenters. The normalized spacial score (nSPS) is 11.8. The molecule has 0 aliphatic heterocycles. The van der Waals surface area contributed by atoms with Crippen LogP contribution in [-0.2, 0) is 10.0 Å². The molecule has 0 amide bonds. The van der Waals surface area contributed by atoms with Crippen LogP contribution in [0.5, 0.6) is 0 Å². The average molecular weight is 297 g/mol. The number of sulfonamides is 1. The molecule has 1 rings (SSSR count). The van der Waals surface area contributed by atoms with Gasteiger partial charge in [0.25, 0.3) is 0 Å². The molecule has 0 aliphatic rings. The van der Waals surface area contributed by atoms with E-state index in [1.807, 2.05) is 33.8 Å². The molecule has 1 N–H and O–H groups in total. The van der Waals surface area contributed by atoms with Crippen LogP contribution >= 0.6 is 0 Å². The molecule has 0 saturated heterocycles. The van der Waals surface area contributed by atoms with Crippen molar-refractivity contribution in [3.63, 3.8) is 0 Å². The van der Waals surface area contributed by atoms with Crippen molar-refractivity contribution >= 4 is 10.0 Å². The minimum absolute atomic E-state index is 0.463. The minimum Gasteiger partial charge on any atom is -0.211 e. The van der Waals surface area contributed by atoms with Crippen molar-refractivity contribution in [3.8, 4) is 0 Å². The van der Waals surface area contributed by atoms with Crippen LogP contribution in [0.2, 0.25) is 0 Å². The number of hydrogen-bond acceptors (Lipinski definition) is 2. The quantitative estimate of drug-likeness (QED) is 0.779. The number of hydrogen-bond donors (Lipinski definition) is 1. The average Bonchev–Trinajstić information content (AvgIpc) is 2.36. The first-order chi connectivity index (χ1) is 9.31. The van der Waals surface area contributed by atoms with Gasteiger partial charge in [-0.05, 0) is 56.4 Å². The summed E-state index contributed by atoms with van der Waals surface area (Å²) in [6.07, 6.45) is 4.28. The number of aryl methyl sites for hydroxylation is 2. The van der Waals surface area contributed by atoms with Crippen molar-refractivity contribution < 1.29 is 8.42 Å². The van der Waals surface area contributed by atoms with Crippen molar-refractivity contribution in [1.82, 2.24) is 4.72 Å². The molecular formula is C16H27NO2S. The van der Waals surface area contributed by atoms with Gasteiger partial charge in [0.15, 0.2) is 0 Å². The van der Waals surface area contributed by atoms with Crippen molar-refractivity contribution in [3.05, 3.63) is 28.3 Å². The standard InChI is InChI=1S/C16H27NO2S/c1-6-7-8-9-10-17-20(18,19)16-14(4)12(2)11-13(3)15(16)5/h11,17H,6-10H2,1-5H3. The van der Waals surface area contributed by atoms with E-state index in [-0.39, 0.29) is 0 Å². The Morgan fingerprint density at radius 1 is 0.950 bits per heavy atom. The lowest BCUT2D eigenvalue weighted by molar-refractivity contribution is 0.572. The van der Waals surface area contributed by atoms with E-state index in [1.54, 1.807) is 0 Å². The van der Waals surface area contributed by atoms with Crippen LogP contribution < -0.4 is 4.72 Å². The van der Waals surface area contributed by atoms with E-state index < -0.39 is 10.0 Å². The first-order valence-electron chi connectivity index (χ1n) is 7.38. The second kappa shape index (κ2) is 7.23. The second-order valence-corrected chi connectivity index (χ2v) is 7.25. The zero-order chi connectivity index (χ0) is 15.3. The summed E-state index contributed by atoms with van der Waals surface area (Å²) in [5.41, 5.74) is 3.77. The molecule has 4 heteroatoms. The van der Waals surface area contributed by atoms with Gasteiger partial charge in [-0.2, -0.15) is 0 Å². The third-order valence-electron chi connectivity index (χ3n) is 3.89. The van der Waals surface area contributed by atoms with E-state index in [9.17, 15) is 8.42 Å². The molecule has 0 aliphatic carbocycles. The minimum atomic E-state index is -3.40. The first-order valence-corrected chi connectivity index (χ1v) is 8.86. The van der Waals surface area contributed by atoms with Crippen molar-refractivity contribution in [2.24, 2.45) is 0 Å². The maximum Gasteiger partial charge on any atom is 0.241 e. The first kappa shape index (κ1) is 17.2. The Morgan fingerprint density at radius 3 is 2.00 bits per heavy atom. The molecule has 0 spiro atoms. The number of unbranched alkanes of at least 4 members (excludes halogenated alkanes) is 3. The second-order valence-electron chi connectivity index (χ2n) is 5.55. The fraction of sp³-hybridized carbons (Fsp3) is 0.625. The third kappa shape index (κ3) is 4.06. The Kier molecular flexibility index (Phi) is 6.21. The van der Waals surface area contributed by atoms with Crippen LogP contribution in [0.3, 0.4) is 0 Å².